The number of aliphatic carboxylic acids is 1. The molecule has 0 spiro atoms. The Morgan fingerprint density at radius 1 is 1.29 bits per heavy atom. The standard InChI is InChI=1S/C14H25NO2/c1-2-12-5-7-14(8-6-12,11-13(16)17)15-9-3-4-10-15/h12H,2-11H2,1H3,(H,16,17). The van der Waals surface area contributed by atoms with E-state index in [2.05, 4.69) is 11.8 Å². The number of likely N-dealkylation sites (tertiary alicyclic amines) is 1. The van der Waals surface area contributed by atoms with Crippen molar-refractivity contribution >= 4 is 5.97 Å². The molecule has 17 heavy (non-hydrogen) atoms. The maximum absolute atomic E-state index is 11.2. The molecule has 0 aromatic heterocycles. The zero-order valence-electron chi connectivity index (χ0n) is 11.0. The van der Waals surface area contributed by atoms with Crippen LogP contribution in [0, 0.1) is 5.92 Å². The molecule has 0 aromatic carbocycles. The van der Waals surface area contributed by atoms with Crippen LogP contribution in [0.4, 0.5) is 0 Å². The average molecular weight is 239 g/mol. The van der Waals surface area contributed by atoms with Gasteiger partial charge in [0.25, 0.3) is 0 Å². The lowest BCUT2D eigenvalue weighted by Crippen LogP contribution is -2.51. The van der Waals surface area contributed by atoms with E-state index in [4.69, 9.17) is 0 Å². The first-order chi connectivity index (χ1) is 8.16. The lowest BCUT2D eigenvalue weighted by Gasteiger charge is -2.46. The van der Waals surface area contributed by atoms with Gasteiger partial charge in [-0.15, -0.1) is 0 Å². The number of carboxylic acid groups (broad SMARTS) is 1. The highest BCUT2D eigenvalue weighted by Crippen LogP contribution is 2.41. The summed E-state index contributed by atoms with van der Waals surface area (Å²) >= 11 is 0. The highest BCUT2D eigenvalue weighted by molar-refractivity contribution is 5.68. The van der Waals surface area contributed by atoms with Crippen LogP contribution in [0.5, 0.6) is 0 Å². The summed E-state index contributed by atoms with van der Waals surface area (Å²) in [5.74, 6) is 0.214. The second kappa shape index (κ2) is 5.38. The average Bonchev–Trinajstić information content (AvgIpc) is 2.83. The number of nitrogens with zero attached hydrogens (tertiary/aromatic N) is 1. The predicted octanol–water partition coefficient (Wildman–Crippen LogP) is 2.90. The zero-order valence-corrected chi connectivity index (χ0v) is 11.0. The van der Waals surface area contributed by atoms with Crippen molar-refractivity contribution in [3.63, 3.8) is 0 Å². The molecule has 0 bridgehead atoms. The third kappa shape index (κ3) is 2.82. The molecule has 0 unspecified atom stereocenters. The van der Waals surface area contributed by atoms with Crippen molar-refractivity contribution in [2.45, 2.75) is 63.8 Å². The van der Waals surface area contributed by atoms with E-state index < -0.39 is 5.97 Å². The monoisotopic (exact) mass is 239 g/mol. The fourth-order valence-corrected chi connectivity index (χ4v) is 3.70. The first kappa shape index (κ1) is 12.9. The Hall–Kier alpha value is -0.570. The summed E-state index contributed by atoms with van der Waals surface area (Å²) in [7, 11) is 0. The molecule has 1 saturated carbocycles. The molecule has 0 amide bonds. The molecule has 0 atom stereocenters. The quantitative estimate of drug-likeness (QED) is 0.820. The Balaban J connectivity index is 2.05. The molecular weight excluding hydrogens is 214 g/mol. The van der Waals surface area contributed by atoms with Crippen LogP contribution >= 0.6 is 0 Å². The van der Waals surface area contributed by atoms with E-state index in [1.54, 1.807) is 0 Å². The fraction of sp³-hybridized carbons (Fsp3) is 0.929. The normalized spacial score (nSPS) is 35.0. The molecule has 1 aliphatic heterocycles. The summed E-state index contributed by atoms with van der Waals surface area (Å²) in [4.78, 5) is 13.6. The van der Waals surface area contributed by atoms with Gasteiger partial charge >= 0.3 is 5.97 Å². The molecule has 3 heteroatoms. The Labute approximate surface area is 104 Å². The molecular formula is C14H25NO2. The van der Waals surface area contributed by atoms with E-state index in [1.165, 1.54) is 32.1 Å². The Morgan fingerprint density at radius 2 is 1.88 bits per heavy atom. The lowest BCUT2D eigenvalue weighted by molar-refractivity contribution is -0.141. The van der Waals surface area contributed by atoms with Gasteiger partial charge in [-0.3, -0.25) is 9.69 Å². The second-order valence-electron chi connectivity index (χ2n) is 5.84. The van der Waals surface area contributed by atoms with E-state index in [1.807, 2.05) is 0 Å². The number of carboxylic acids is 1. The maximum atomic E-state index is 11.2. The summed E-state index contributed by atoms with van der Waals surface area (Å²) < 4.78 is 0. The highest BCUT2D eigenvalue weighted by atomic mass is 16.4. The van der Waals surface area contributed by atoms with Crippen molar-refractivity contribution in [2.24, 2.45) is 5.92 Å². The van der Waals surface area contributed by atoms with Gasteiger partial charge in [0.1, 0.15) is 0 Å². The number of carbonyl (C=O) groups is 1. The van der Waals surface area contributed by atoms with Crippen LogP contribution in [0.25, 0.3) is 0 Å². The molecule has 1 heterocycles. The van der Waals surface area contributed by atoms with Crippen molar-refractivity contribution in [2.75, 3.05) is 13.1 Å². The van der Waals surface area contributed by atoms with Gasteiger partial charge in [0, 0.05) is 5.54 Å². The molecule has 3 nitrogen and oxygen atoms in total. The van der Waals surface area contributed by atoms with Gasteiger partial charge in [-0.1, -0.05) is 13.3 Å². The number of rotatable bonds is 4. The van der Waals surface area contributed by atoms with E-state index in [0.29, 0.717) is 6.42 Å². The van der Waals surface area contributed by atoms with Crippen molar-refractivity contribution in [1.82, 2.24) is 4.90 Å². The summed E-state index contributed by atoms with van der Waals surface area (Å²) in [6, 6.07) is 0. The van der Waals surface area contributed by atoms with Gasteiger partial charge in [0.05, 0.1) is 6.42 Å². The van der Waals surface area contributed by atoms with E-state index in [-0.39, 0.29) is 5.54 Å². The van der Waals surface area contributed by atoms with Gasteiger partial charge in [-0.25, -0.2) is 0 Å². The summed E-state index contributed by atoms with van der Waals surface area (Å²) in [6.07, 6.45) is 8.74. The Morgan fingerprint density at radius 3 is 2.35 bits per heavy atom. The molecule has 0 aromatic rings. The fourth-order valence-electron chi connectivity index (χ4n) is 3.70. The molecule has 1 aliphatic carbocycles. The Bertz CT molecular complexity index is 263. The minimum absolute atomic E-state index is 0.00595. The van der Waals surface area contributed by atoms with Crippen molar-refractivity contribution < 1.29 is 9.90 Å². The molecule has 98 valence electrons. The SMILES string of the molecule is CCC1CCC(CC(=O)O)(N2CCCC2)CC1. The number of hydrogen-bond acceptors (Lipinski definition) is 2. The first-order valence-electron chi connectivity index (χ1n) is 7.13. The molecule has 2 aliphatic rings. The molecule has 2 fully saturated rings. The van der Waals surface area contributed by atoms with Crippen molar-refractivity contribution in [3.8, 4) is 0 Å². The summed E-state index contributed by atoms with van der Waals surface area (Å²) in [5, 5.41) is 9.19. The lowest BCUT2D eigenvalue weighted by atomic mass is 9.73. The zero-order chi connectivity index (χ0) is 12.3. The van der Waals surface area contributed by atoms with Gasteiger partial charge in [-0.05, 0) is 57.5 Å². The second-order valence-corrected chi connectivity index (χ2v) is 5.84. The van der Waals surface area contributed by atoms with Gasteiger partial charge < -0.3 is 5.11 Å². The third-order valence-corrected chi connectivity index (χ3v) is 4.87. The summed E-state index contributed by atoms with van der Waals surface area (Å²) in [6.45, 7) is 4.48. The smallest absolute Gasteiger partial charge is 0.305 e. The third-order valence-electron chi connectivity index (χ3n) is 4.87. The van der Waals surface area contributed by atoms with Crippen LogP contribution in [0.1, 0.15) is 58.3 Å². The van der Waals surface area contributed by atoms with Crippen LogP contribution in [-0.2, 0) is 4.79 Å². The minimum Gasteiger partial charge on any atom is -0.481 e. The van der Waals surface area contributed by atoms with Crippen molar-refractivity contribution in [3.05, 3.63) is 0 Å². The highest BCUT2D eigenvalue weighted by Gasteiger charge is 2.42. The predicted molar refractivity (Wildman–Crippen MR) is 68.0 cm³/mol. The van der Waals surface area contributed by atoms with Crippen LogP contribution in [0.15, 0.2) is 0 Å². The van der Waals surface area contributed by atoms with Crippen molar-refractivity contribution in [1.29, 1.82) is 0 Å². The van der Waals surface area contributed by atoms with E-state index >= 15 is 0 Å². The first-order valence-corrected chi connectivity index (χ1v) is 7.13. The van der Waals surface area contributed by atoms with Gasteiger partial charge in [0.2, 0.25) is 0 Å². The Kier molecular flexibility index (Phi) is 4.08. The summed E-state index contributed by atoms with van der Waals surface area (Å²) in [5.41, 5.74) is -0.00595. The van der Waals surface area contributed by atoms with Crippen LogP contribution < -0.4 is 0 Å². The van der Waals surface area contributed by atoms with Crippen LogP contribution in [0.3, 0.4) is 0 Å². The van der Waals surface area contributed by atoms with Crippen LogP contribution in [0.2, 0.25) is 0 Å². The van der Waals surface area contributed by atoms with E-state index in [9.17, 15) is 9.90 Å². The van der Waals surface area contributed by atoms with Crippen LogP contribution in [-0.4, -0.2) is 34.6 Å². The van der Waals surface area contributed by atoms with Gasteiger partial charge in [-0.2, -0.15) is 0 Å². The van der Waals surface area contributed by atoms with E-state index in [0.717, 1.165) is 31.8 Å². The maximum Gasteiger partial charge on any atom is 0.305 e. The molecule has 1 saturated heterocycles. The molecule has 0 radical (unpaired) electrons. The molecule has 1 N–H and O–H groups in total. The molecule has 2 rings (SSSR count). The van der Waals surface area contributed by atoms with Gasteiger partial charge in [0.15, 0.2) is 0 Å². The minimum atomic E-state index is -0.619. The largest absolute Gasteiger partial charge is 0.481 e. The number of hydrogen-bond donors (Lipinski definition) is 1. The topological polar surface area (TPSA) is 40.5 Å².